The van der Waals surface area contributed by atoms with Crippen molar-refractivity contribution in [3.05, 3.63) is 90.5 Å². The standard InChI is InChI=1S/C37H44BrN3O7/c1-5-7-17-28(43)47-22-27(25-15-9-8-10-16-25)39-34(44)29-30-35(45)41(19-12-20-42)33(37(30)21-26(38)32(29)48-37)36(46)40(18-6-2)31-23(3)13-11-14-24(31)4/h5-6,8-11,13-16,26-27,29-30,32-33,42H,1-2,7,12,17-22H2,3-4H3,(H,39,44)/t26?,27-,29-,30+,32-,33-,37+/m1/s1. The third-order valence-electron chi connectivity index (χ3n) is 9.65. The highest BCUT2D eigenvalue weighted by atomic mass is 79.9. The fourth-order valence-corrected chi connectivity index (χ4v) is 8.58. The Morgan fingerprint density at radius 2 is 1.85 bits per heavy atom. The van der Waals surface area contributed by atoms with Gasteiger partial charge in [0.1, 0.15) is 18.2 Å². The van der Waals surface area contributed by atoms with E-state index in [-0.39, 0.29) is 55.8 Å². The van der Waals surface area contributed by atoms with Crippen molar-refractivity contribution in [1.82, 2.24) is 10.2 Å². The Kier molecular flexibility index (Phi) is 11.2. The van der Waals surface area contributed by atoms with Crippen molar-refractivity contribution in [2.45, 2.75) is 68.1 Å². The molecule has 2 aromatic rings. The first kappa shape index (κ1) is 35.5. The SMILES string of the molecule is C=CCCC(=O)OC[C@@H](NC(=O)[C@H]1[C@@H]2O[C@@]3(CC2Br)[C@@H]1C(=O)N(CCCO)[C@@H]3C(=O)N(CC=C)c1c(C)cccc1C)c1ccccc1. The molecule has 3 heterocycles. The Labute approximate surface area is 290 Å². The van der Waals surface area contributed by atoms with Gasteiger partial charge in [0, 0.05) is 36.6 Å². The van der Waals surface area contributed by atoms with Crippen LogP contribution in [-0.2, 0) is 28.7 Å². The smallest absolute Gasteiger partial charge is 0.306 e. The molecule has 0 saturated carbocycles. The van der Waals surface area contributed by atoms with Gasteiger partial charge in [-0.15, -0.1) is 13.2 Å². The van der Waals surface area contributed by atoms with Crippen molar-refractivity contribution >= 4 is 45.3 Å². The summed E-state index contributed by atoms with van der Waals surface area (Å²) in [6.45, 7) is 11.5. The molecule has 10 nitrogen and oxygen atoms in total. The number of carbonyl (C=O) groups excluding carboxylic acids is 4. The number of hydrogen-bond donors (Lipinski definition) is 2. The Morgan fingerprint density at radius 1 is 1.15 bits per heavy atom. The summed E-state index contributed by atoms with van der Waals surface area (Å²) in [6.07, 6.45) is 3.87. The molecule has 3 aliphatic heterocycles. The summed E-state index contributed by atoms with van der Waals surface area (Å²) in [5, 5.41) is 12.8. The van der Waals surface area contributed by atoms with Crippen LogP contribution < -0.4 is 10.2 Å². The number of ether oxygens (including phenoxy) is 2. The van der Waals surface area contributed by atoms with Crippen molar-refractivity contribution in [2.24, 2.45) is 11.8 Å². The second-order valence-electron chi connectivity index (χ2n) is 12.7. The zero-order chi connectivity index (χ0) is 34.6. The number of aliphatic hydroxyl groups is 1. The molecule has 5 rings (SSSR count). The van der Waals surface area contributed by atoms with Crippen LogP contribution in [0.25, 0.3) is 0 Å². The van der Waals surface area contributed by atoms with Gasteiger partial charge >= 0.3 is 5.97 Å². The summed E-state index contributed by atoms with van der Waals surface area (Å²) in [4.78, 5) is 58.8. The third kappa shape index (κ3) is 6.60. The molecule has 256 valence electrons. The fourth-order valence-electron chi connectivity index (χ4n) is 7.63. The maximum atomic E-state index is 14.8. The molecule has 3 amide bonds. The largest absolute Gasteiger partial charge is 0.463 e. The van der Waals surface area contributed by atoms with Crippen LogP contribution in [0.2, 0.25) is 0 Å². The van der Waals surface area contributed by atoms with Gasteiger partial charge in [0.25, 0.3) is 5.91 Å². The zero-order valence-corrected chi connectivity index (χ0v) is 29.1. The maximum Gasteiger partial charge on any atom is 0.306 e. The van der Waals surface area contributed by atoms with E-state index in [9.17, 15) is 24.3 Å². The van der Waals surface area contributed by atoms with Crippen LogP contribution in [0, 0.1) is 25.7 Å². The van der Waals surface area contributed by atoms with E-state index in [0.29, 0.717) is 12.8 Å². The predicted octanol–water partition coefficient (Wildman–Crippen LogP) is 4.32. The molecule has 11 heteroatoms. The van der Waals surface area contributed by atoms with Crippen LogP contribution >= 0.6 is 15.9 Å². The topological polar surface area (TPSA) is 125 Å². The number of carbonyl (C=O) groups is 4. The minimum Gasteiger partial charge on any atom is -0.463 e. The quantitative estimate of drug-likeness (QED) is 0.160. The predicted molar refractivity (Wildman–Crippen MR) is 185 cm³/mol. The molecule has 48 heavy (non-hydrogen) atoms. The highest BCUT2D eigenvalue weighted by molar-refractivity contribution is 9.09. The summed E-state index contributed by atoms with van der Waals surface area (Å²) in [6, 6.07) is 13.3. The number of benzene rings is 2. The lowest BCUT2D eigenvalue weighted by Gasteiger charge is -2.38. The second kappa shape index (κ2) is 15.2. The summed E-state index contributed by atoms with van der Waals surface area (Å²) in [5.74, 6) is -3.35. The average molecular weight is 723 g/mol. The molecule has 7 atom stereocenters. The van der Waals surface area contributed by atoms with E-state index in [1.165, 1.54) is 4.90 Å². The first-order valence-electron chi connectivity index (χ1n) is 16.4. The summed E-state index contributed by atoms with van der Waals surface area (Å²) < 4.78 is 12.2. The van der Waals surface area contributed by atoms with Gasteiger partial charge in [0.05, 0.1) is 24.0 Å². The first-order chi connectivity index (χ1) is 23.1. The molecule has 3 fully saturated rings. The van der Waals surface area contributed by atoms with Crippen molar-refractivity contribution in [2.75, 3.05) is 31.2 Å². The number of nitrogens with one attached hydrogen (secondary N) is 1. The number of amides is 3. The number of alkyl halides is 1. The molecular weight excluding hydrogens is 678 g/mol. The molecular formula is C37H44BrN3O7. The van der Waals surface area contributed by atoms with Crippen LogP contribution in [0.15, 0.2) is 73.8 Å². The summed E-state index contributed by atoms with van der Waals surface area (Å²) >= 11 is 3.73. The highest BCUT2D eigenvalue weighted by Crippen LogP contribution is 2.60. The highest BCUT2D eigenvalue weighted by Gasteiger charge is 2.76. The van der Waals surface area contributed by atoms with E-state index in [1.54, 1.807) is 17.1 Å². The number of allylic oxidation sites excluding steroid dienone is 1. The van der Waals surface area contributed by atoms with Crippen molar-refractivity contribution < 1.29 is 33.8 Å². The van der Waals surface area contributed by atoms with Crippen LogP contribution in [0.5, 0.6) is 0 Å². The third-order valence-corrected chi connectivity index (χ3v) is 10.5. The summed E-state index contributed by atoms with van der Waals surface area (Å²) in [7, 11) is 0. The van der Waals surface area contributed by atoms with E-state index < -0.39 is 47.5 Å². The van der Waals surface area contributed by atoms with Gasteiger partial charge in [0.15, 0.2) is 0 Å². The number of likely N-dealkylation sites (tertiary alicyclic amines) is 1. The van der Waals surface area contributed by atoms with Gasteiger partial charge < -0.3 is 29.7 Å². The van der Waals surface area contributed by atoms with Crippen LogP contribution in [0.1, 0.15) is 48.4 Å². The minimum absolute atomic E-state index is 0.0957. The Bertz CT molecular complexity index is 1530. The monoisotopic (exact) mass is 721 g/mol. The molecule has 2 aromatic carbocycles. The molecule has 0 aromatic heterocycles. The molecule has 0 aliphatic carbocycles. The number of rotatable bonds is 15. The van der Waals surface area contributed by atoms with Crippen LogP contribution in [-0.4, -0.2) is 82.6 Å². The Balaban J connectivity index is 1.49. The first-order valence-corrected chi connectivity index (χ1v) is 17.3. The van der Waals surface area contributed by atoms with E-state index in [4.69, 9.17) is 9.47 Å². The number of anilines is 1. The van der Waals surface area contributed by atoms with Gasteiger partial charge in [-0.2, -0.15) is 0 Å². The normalized spacial score (nSPS) is 26.1. The number of aliphatic hydroxyl groups excluding tert-OH is 1. The van der Waals surface area contributed by atoms with E-state index in [1.807, 2.05) is 62.4 Å². The second-order valence-corrected chi connectivity index (χ2v) is 13.9. The van der Waals surface area contributed by atoms with Gasteiger partial charge in [-0.3, -0.25) is 19.2 Å². The Morgan fingerprint density at radius 3 is 2.50 bits per heavy atom. The average Bonchev–Trinajstić information content (AvgIpc) is 3.67. The lowest BCUT2D eigenvalue weighted by Crippen LogP contribution is -2.57. The molecule has 2 bridgehead atoms. The minimum atomic E-state index is -1.28. The van der Waals surface area contributed by atoms with Crippen molar-refractivity contribution in [1.29, 1.82) is 0 Å². The lowest BCUT2D eigenvalue weighted by molar-refractivity contribution is -0.145. The van der Waals surface area contributed by atoms with E-state index >= 15 is 0 Å². The van der Waals surface area contributed by atoms with Crippen LogP contribution in [0.4, 0.5) is 5.69 Å². The zero-order valence-electron chi connectivity index (χ0n) is 27.5. The summed E-state index contributed by atoms with van der Waals surface area (Å²) in [5.41, 5.74) is 1.99. The molecule has 3 saturated heterocycles. The van der Waals surface area contributed by atoms with Crippen molar-refractivity contribution in [3.63, 3.8) is 0 Å². The number of nitrogens with zero attached hydrogens (tertiary/aromatic N) is 2. The number of halogens is 1. The molecule has 1 unspecified atom stereocenters. The van der Waals surface area contributed by atoms with E-state index in [0.717, 1.165) is 22.4 Å². The molecule has 3 aliphatic rings. The molecule has 2 N–H and O–H groups in total. The Hall–Kier alpha value is -3.80. The number of hydrogen-bond acceptors (Lipinski definition) is 7. The van der Waals surface area contributed by atoms with Gasteiger partial charge in [-0.25, -0.2) is 0 Å². The number of aryl methyl sites for hydroxylation is 2. The van der Waals surface area contributed by atoms with E-state index in [2.05, 4.69) is 34.4 Å². The van der Waals surface area contributed by atoms with Crippen molar-refractivity contribution in [3.8, 4) is 0 Å². The lowest BCUT2D eigenvalue weighted by atomic mass is 9.70. The maximum absolute atomic E-state index is 14.8. The van der Waals surface area contributed by atoms with Gasteiger partial charge in [-0.1, -0.05) is 76.6 Å². The van der Waals surface area contributed by atoms with Gasteiger partial charge in [-0.05, 0) is 49.8 Å². The van der Waals surface area contributed by atoms with Gasteiger partial charge in [0.2, 0.25) is 11.8 Å². The fraction of sp³-hybridized carbons (Fsp3) is 0.459. The molecule has 0 radical (unpaired) electrons. The van der Waals surface area contributed by atoms with Crippen LogP contribution in [0.3, 0.4) is 0 Å². The number of fused-ring (bicyclic) bond motifs is 1. The number of esters is 1. The molecule has 1 spiro atoms. The number of para-hydroxylation sites is 1.